The van der Waals surface area contributed by atoms with Crippen molar-refractivity contribution in [1.82, 2.24) is 9.78 Å². The second kappa shape index (κ2) is 6.56. The van der Waals surface area contributed by atoms with E-state index in [-0.39, 0.29) is 11.6 Å². The minimum atomic E-state index is -0.547. The number of ether oxygens (including phenoxy) is 1. The van der Waals surface area contributed by atoms with E-state index in [4.69, 9.17) is 4.74 Å². The molecule has 0 bridgehead atoms. The summed E-state index contributed by atoms with van der Waals surface area (Å²) in [5.74, 6) is -0.477. The van der Waals surface area contributed by atoms with Crippen molar-refractivity contribution < 1.29 is 14.5 Å². The van der Waals surface area contributed by atoms with Gasteiger partial charge in [-0.05, 0) is 47.7 Å². The van der Waals surface area contributed by atoms with Gasteiger partial charge in [0.1, 0.15) is 0 Å². The maximum atomic E-state index is 12.4. The van der Waals surface area contributed by atoms with Crippen LogP contribution in [-0.2, 0) is 6.54 Å². The molecule has 0 N–H and O–H groups in total. The van der Waals surface area contributed by atoms with Crippen LogP contribution in [-0.4, -0.2) is 20.7 Å². The largest absolute Gasteiger partial charge is 0.401 e. The van der Waals surface area contributed by atoms with Crippen LogP contribution in [0.15, 0.2) is 42.5 Å². The van der Waals surface area contributed by atoms with Gasteiger partial charge in [0.15, 0.2) is 0 Å². The second-order valence-corrected chi connectivity index (χ2v) is 6.11. The number of hydrogen-bond acceptors (Lipinski definition) is 5. The first-order chi connectivity index (χ1) is 11.5. The molecule has 0 atom stereocenters. The zero-order valence-electron chi connectivity index (χ0n) is 12.6. The highest BCUT2D eigenvalue weighted by molar-refractivity contribution is 14.1. The smallest absolute Gasteiger partial charge is 0.346 e. The molecule has 3 aromatic rings. The van der Waals surface area contributed by atoms with Gasteiger partial charge in [-0.1, -0.05) is 12.1 Å². The van der Waals surface area contributed by atoms with E-state index in [1.807, 2.05) is 35.6 Å². The van der Waals surface area contributed by atoms with E-state index in [1.54, 1.807) is 28.9 Å². The van der Waals surface area contributed by atoms with Crippen LogP contribution in [0.4, 0.5) is 5.69 Å². The molecule has 122 valence electrons. The van der Waals surface area contributed by atoms with Crippen molar-refractivity contribution in [3.63, 3.8) is 0 Å². The highest BCUT2D eigenvalue weighted by Crippen LogP contribution is 2.29. The zero-order chi connectivity index (χ0) is 17.3. The van der Waals surface area contributed by atoms with Crippen molar-refractivity contribution in [2.75, 3.05) is 0 Å². The fourth-order valence-electron chi connectivity index (χ4n) is 2.34. The van der Waals surface area contributed by atoms with Crippen LogP contribution in [0, 0.1) is 13.7 Å². The van der Waals surface area contributed by atoms with Gasteiger partial charge < -0.3 is 4.74 Å². The van der Waals surface area contributed by atoms with Crippen molar-refractivity contribution in [2.24, 2.45) is 0 Å². The van der Waals surface area contributed by atoms with Crippen LogP contribution in [0.1, 0.15) is 17.3 Å². The van der Waals surface area contributed by atoms with E-state index in [9.17, 15) is 14.9 Å². The average Bonchev–Trinajstić information content (AvgIpc) is 2.92. The van der Waals surface area contributed by atoms with E-state index in [0.717, 1.165) is 3.57 Å². The van der Waals surface area contributed by atoms with Crippen LogP contribution in [0.3, 0.4) is 0 Å². The van der Waals surface area contributed by atoms with Crippen molar-refractivity contribution in [3.05, 3.63) is 61.7 Å². The molecule has 0 aliphatic heterocycles. The van der Waals surface area contributed by atoms with E-state index >= 15 is 0 Å². The first-order valence-corrected chi connectivity index (χ1v) is 8.20. The topological polar surface area (TPSA) is 87.3 Å². The fraction of sp³-hybridized carbons (Fsp3) is 0.125. The summed E-state index contributed by atoms with van der Waals surface area (Å²) in [6.07, 6.45) is 0. The molecule has 0 saturated carbocycles. The minimum Gasteiger partial charge on any atom is -0.401 e. The summed E-state index contributed by atoms with van der Waals surface area (Å²) in [7, 11) is 0. The Morgan fingerprint density at radius 2 is 2.08 bits per heavy atom. The maximum Gasteiger partial charge on any atom is 0.346 e. The number of esters is 1. The molecular weight excluding hydrogens is 425 g/mol. The summed E-state index contributed by atoms with van der Waals surface area (Å²) in [5, 5.41) is 15.7. The van der Waals surface area contributed by atoms with Crippen molar-refractivity contribution in [2.45, 2.75) is 13.5 Å². The van der Waals surface area contributed by atoms with Crippen molar-refractivity contribution in [1.29, 1.82) is 0 Å². The van der Waals surface area contributed by atoms with Gasteiger partial charge in [-0.2, -0.15) is 0 Å². The number of nitrogens with zero attached hydrogens (tertiary/aromatic N) is 3. The normalized spacial score (nSPS) is 10.8. The Labute approximate surface area is 150 Å². The number of non-ortho nitro benzene ring substituents is 1. The Hall–Kier alpha value is -2.49. The van der Waals surface area contributed by atoms with Gasteiger partial charge in [0.25, 0.3) is 5.69 Å². The van der Waals surface area contributed by atoms with Gasteiger partial charge in [-0.3, -0.25) is 14.8 Å². The molecule has 8 heteroatoms. The highest BCUT2D eigenvalue weighted by atomic mass is 127. The third kappa shape index (κ3) is 2.96. The van der Waals surface area contributed by atoms with Crippen LogP contribution >= 0.6 is 22.6 Å². The number of carbonyl (C=O) groups is 1. The predicted octanol–water partition coefficient (Wildman–Crippen LogP) is 3.79. The molecule has 0 unspecified atom stereocenters. The molecule has 0 aliphatic rings. The van der Waals surface area contributed by atoms with Gasteiger partial charge in [0, 0.05) is 22.2 Å². The van der Waals surface area contributed by atoms with Gasteiger partial charge in [-0.15, -0.1) is 5.10 Å². The Morgan fingerprint density at radius 1 is 1.33 bits per heavy atom. The monoisotopic (exact) mass is 437 g/mol. The Morgan fingerprint density at radius 3 is 2.75 bits per heavy atom. The third-order valence-electron chi connectivity index (χ3n) is 3.49. The SMILES string of the molecule is CCn1nc(OC(=O)c2ccccc2I)c2cc([N+](=O)[O-])ccc21. The van der Waals surface area contributed by atoms with E-state index in [1.165, 1.54) is 12.1 Å². The van der Waals surface area contributed by atoms with E-state index in [2.05, 4.69) is 5.10 Å². The maximum absolute atomic E-state index is 12.4. The lowest BCUT2D eigenvalue weighted by molar-refractivity contribution is -0.384. The lowest BCUT2D eigenvalue weighted by Crippen LogP contribution is -2.11. The van der Waals surface area contributed by atoms with Crippen LogP contribution in [0.25, 0.3) is 10.9 Å². The molecule has 2 aromatic carbocycles. The second-order valence-electron chi connectivity index (χ2n) is 4.95. The number of aryl methyl sites for hydroxylation is 1. The average molecular weight is 437 g/mol. The lowest BCUT2D eigenvalue weighted by Gasteiger charge is -2.03. The zero-order valence-corrected chi connectivity index (χ0v) is 14.8. The molecule has 0 saturated heterocycles. The molecule has 1 heterocycles. The predicted molar refractivity (Wildman–Crippen MR) is 96.2 cm³/mol. The first kappa shape index (κ1) is 16.4. The molecule has 0 aliphatic carbocycles. The summed E-state index contributed by atoms with van der Waals surface area (Å²) in [6.45, 7) is 2.44. The summed E-state index contributed by atoms with van der Waals surface area (Å²) in [6, 6.07) is 11.4. The molecule has 24 heavy (non-hydrogen) atoms. The summed E-state index contributed by atoms with van der Waals surface area (Å²) in [5.41, 5.74) is 1.01. The quantitative estimate of drug-likeness (QED) is 0.268. The van der Waals surface area contributed by atoms with Gasteiger partial charge in [0.2, 0.25) is 5.88 Å². The lowest BCUT2D eigenvalue weighted by atomic mass is 10.2. The number of carbonyl (C=O) groups excluding carboxylic acids is 1. The molecule has 0 fully saturated rings. The van der Waals surface area contributed by atoms with Gasteiger partial charge in [0.05, 0.1) is 21.4 Å². The van der Waals surface area contributed by atoms with E-state index < -0.39 is 10.9 Å². The van der Waals surface area contributed by atoms with Crippen LogP contribution in [0.5, 0.6) is 5.88 Å². The number of halogens is 1. The molecule has 0 spiro atoms. The number of benzene rings is 2. The van der Waals surface area contributed by atoms with E-state index in [0.29, 0.717) is 23.0 Å². The molecule has 0 radical (unpaired) electrons. The first-order valence-electron chi connectivity index (χ1n) is 7.13. The van der Waals surface area contributed by atoms with Crippen molar-refractivity contribution in [3.8, 4) is 5.88 Å². The number of nitro benzene ring substituents is 1. The molecular formula is C16H12IN3O4. The Bertz CT molecular complexity index is 952. The number of hydrogen-bond donors (Lipinski definition) is 0. The van der Waals surface area contributed by atoms with Crippen molar-refractivity contribution >= 4 is 45.2 Å². The number of rotatable bonds is 4. The third-order valence-corrected chi connectivity index (χ3v) is 4.43. The fourth-order valence-corrected chi connectivity index (χ4v) is 2.94. The minimum absolute atomic E-state index is 0.0696. The number of nitro groups is 1. The molecule has 7 nitrogen and oxygen atoms in total. The summed E-state index contributed by atoms with van der Waals surface area (Å²) < 4.78 is 7.80. The summed E-state index contributed by atoms with van der Waals surface area (Å²) >= 11 is 2.05. The van der Waals surface area contributed by atoms with Crippen LogP contribution in [0.2, 0.25) is 0 Å². The Kier molecular flexibility index (Phi) is 4.47. The molecule has 1 aromatic heterocycles. The molecule has 0 amide bonds. The standard InChI is InChI=1S/C16H12IN3O4/c1-2-19-14-8-7-10(20(22)23)9-12(14)15(18-19)24-16(21)11-5-3-4-6-13(11)17/h3-9H,2H2,1H3. The summed E-state index contributed by atoms with van der Waals surface area (Å²) in [4.78, 5) is 22.9. The van der Waals surface area contributed by atoms with Gasteiger partial charge >= 0.3 is 5.97 Å². The highest BCUT2D eigenvalue weighted by Gasteiger charge is 2.19. The Balaban J connectivity index is 2.05. The number of aromatic nitrogens is 2. The van der Waals surface area contributed by atoms with Gasteiger partial charge in [-0.25, -0.2) is 4.79 Å². The molecule has 3 rings (SSSR count). The number of fused-ring (bicyclic) bond motifs is 1. The van der Waals surface area contributed by atoms with Crippen LogP contribution < -0.4 is 4.74 Å².